The van der Waals surface area contributed by atoms with Crippen LogP contribution < -0.4 is 10.1 Å². The summed E-state index contributed by atoms with van der Waals surface area (Å²) in [5.41, 5.74) is 1.84. The minimum Gasteiger partial charge on any atom is -0.484 e. The molecule has 1 atom stereocenters. The summed E-state index contributed by atoms with van der Waals surface area (Å²) < 4.78 is 19.8. The van der Waals surface area contributed by atoms with Crippen molar-refractivity contribution in [3.05, 3.63) is 100 Å². The third-order valence-corrected chi connectivity index (χ3v) is 5.93. The zero-order valence-corrected chi connectivity index (χ0v) is 21.5. The summed E-state index contributed by atoms with van der Waals surface area (Å²) in [5.74, 6) is -0.279. The van der Waals surface area contributed by atoms with Gasteiger partial charge in [0.25, 0.3) is 5.91 Å². The van der Waals surface area contributed by atoms with E-state index in [0.29, 0.717) is 18.7 Å². The minimum atomic E-state index is -0.732. The Labute approximate surface area is 214 Å². The van der Waals surface area contributed by atoms with Gasteiger partial charge in [0.05, 0.1) is 0 Å². The number of ether oxygens (including phenoxy) is 1. The van der Waals surface area contributed by atoms with E-state index in [9.17, 15) is 14.0 Å². The molecule has 7 heteroatoms. The van der Waals surface area contributed by atoms with Crippen LogP contribution in [0.15, 0.2) is 83.3 Å². The van der Waals surface area contributed by atoms with Gasteiger partial charge in [-0.15, -0.1) is 0 Å². The van der Waals surface area contributed by atoms with E-state index in [2.05, 4.69) is 21.2 Å². The number of hydrogen-bond acceptors (Lipinski definition) is 3. The molecule has 0 aliphatic heterocycles. The Bertz CT molecular complexity index is 1090. The van der Waals surface area contributed by atoms with E-state index in [1.807, 2.05) is 68.4 Å². The van der Waals surface area contributed by atoms with Gasteiger partial charge < -0.3 is 15.0 Å². The maximum atomic E-state index is 13.5. The van der Waals surface area contributed by atoms with E-state index in [0.717, 1.165) is 15.6 Å². The molecule has 0 saturated carbocycles. The van der Waals surface area contributed by atoms with Gasteiger partial charge in [-0.1, -0.05) is 72.2 Å². The van der Waals surface area contributed by atoms with Crippen LogP contribution in [0.1, 0.15) is 25.0 Å². The lowest BCUT2D eigenvalue weighted by molar-refractivity contribution is -0.142. The van der Waals surface area contributed by atoms with Crippen LogP contribution in [0, 0.1) is 11.7 Å². The number of rotatable bonds is 11. The Kier molecular flexibility index (Phi) is 9.85. The molecule has 1 N–H and O–H groups in total. The van der Waals surface area contributed by atoms with Crippen LogP contribution in [0.5, 0.6) is 5.75 Å². The highest BCUT2D eigenvalue weighted by molar-refractivity contribution is 9.10. The maximum Gasteiger partial charge on any atom is 0.261 e. The first-order valence-corrected chi connectivity index (χ1v) is 12.3. The van der Waals surface area contributed by atoms with Crippen molar-refractivity contribution in [1.82, 2.24) is 10.2 Å². The molecule has 0 radical (unpaired) electrons. The molecule has 0 heterocycles. The average Bonchev–Trinajstić information content (AvgIpc) is 2.86. The molecule has 0 aliphatic rings. The highest BCUT2D eigenvalue weighted by Gasteiger charge is 2.30. The van der Waals surface area contributed by atoms with E-state index in [1.54, 1.807) is 4.90 Å². The number of carbonyl (C=O) groups is 2. The predicted octanol–water partition coefficient (Wildman–Crippen LogP) is 5.38. The van der Waals surface area contributed by atoms with Gasteiger partial charge in [-0.25, -0.2) is 4.39 Å². The Morgan fingerprint density at radius 1 is 0.943 bits per heavy atom. The highest BCUT2D eigenvalue weighted by atomic mass is 79.9. The summed E-state index contributed by atoms with van der Waals surface area (Å²) in [6.45, 7) is 4.52. The van der Waals surface area contributed by atoms with Crippen molar-refractivity contribution < 1.29 is 18.7 Å². The van der Waals surface area contributed by atoms with Gasteiger partial charge in [0.2, 0.25) is 5.91 Å². The van der Waals surface area contributed by atoms with E-state index < -0.39 is 6.04 Å². The minimum absolute atomic E-state index is 0.213. The second-order valence-corrected chi connectivity index (χ2v) is 9.65. The molecular weight excluding hydrogens is 511 g/mol. The maximum absolute atomic E-state index is 13.5. The zero-order valence-electron chi connectivity index (χ0n) is 19.9. The third kappa shape index (κ3) is 8.51. The molecule has 3 aromatic rings. The van der Waals surface area contributed by atoms with Crippen molar-refractivity contribution in [2.24, 2.45) is 5.92 Å². The van der Waals surface area contributed by atoms with Gasteiger partial charge in [0.15, 0.2) is 6.61 Å². The number of hydrogen-bond donors (Lipinski definition) is 1. The van der Waals surface area contributed by atoms with Gasteiger partial charge in [0.1, 0.15) is 17.6 Å². The van der Waals surface area contributed by atoms with Crippen LogP contribution in [0.3, 0.4) is 0 Å². The first-order valence-electron chi connectivity index (χ1n) is 11.6. The molecule has 3 rings (SSSR count). The van der Waals surface area contributed by atoms with E-state index in [-0.39, 0.29) is 36.7 Å². The normalized spacial score (nSPS) is 11.7. The molecule has 2 amide bonds. The fraction of sp³-hybridized carbons (Fsp3) is 0.286. The summed E-state index contributed by atoms with van der Waals surface area (Å²) in [4.78, 5) is 28.4. The van der Waals surface area contributed by atoms with Crippen LogP contribution in [-0.2, 0) is 22.6 Å². The Morgan fingerprint density at radius 3 is 2.23 bits per heavy atom. The number of nitrogens with one attached hydrogen (secondary N) is 1. The first kappa shape index (κ1) is 26.4. The van der Waals surface area contributed by atoms with Crippen molar-refractivity contribution in [1.29, 1.82) is 0 Å². The van der Waals surface area contributed by atoms with Crippen molar-refractivity contribution in [2.75, 3.05) is 13.2 Å². The standard InChI is InChI=1S/C28H30BrFN2O3/c1-20(2)17-31-28(34)26(16-21-6-4-3-5-7-21)32(18-22-8-10-23(29)11-9-22)27(33)19-35-25-14-12-24(30)13-15-25/h3-15,20,26H,16-19H2,1-2H3,(H,31,34)/t26-/m1/s1. The number of benzene rings is 3. The number of halogens is 2. The number of nitrogens with zero attached hydrogens (tertiary/aromatic N) is 1. The highest BCUT2D eigenvalue weighted by Crippen LogP contribution is 2.18. The third-order valence-electron chi connectivity index (χ3n) is 5.40. The lowest BCUT2D eigenvalue weighted by Gasteiger charge is -2.31. The fourth-order valence-electron chi connectivity index (χ4n) is 3.52. The zero-order chi connectivity index (χ0) is 25.2. The van der Waals surface area contributed by atoms with Crippen molar-refractivity contribution in [3.8, 4) is 5.75 Å². The molecule has 184 valence electrons. The smallest absolute Gasteiger partial charge is 0.261 e. The van der Waals surface area contributed by atoms with Crippen LogP contribution in [0.2, 0.25) is 0 Å². The molecule has 3 aromatic carbocycles. The summed E-state index contributed by atoms with van der Waals surface area (Å²) in [5, 5.41) is 2.99. The lowest BCUT2D eigenvalue weighted by atomic mass is 10.0. The number of carbonyl (C=O) groups excluding carboxylic acids is 2. The SMILES string of the molecule is CC(C)CNC(=O)[C@@H](Cc1ccccc1)N(Cc1ccc(Br)cc1)C(=O)COc1ccc(F)cc1. The monoisotopic (exact) mass is 540 g/mol. The number of amides is 2. The molecule has 35 heavy (non-hydrogen) atoms. The van der Waals surface area contributed by atoms with Gasteiger partial charge in [-0.2, -0.15) is 0 Å². The van der Waals surface area contributed by atoms with Crippen LogP contribution in [0.25, 0.3) is 0 Å². The largest absolute Gasteiger partial charge is 0.484 e. The summed E-state index contributed by atoms with van der Waals surface area (Å²) in [6.07, 6.45) is 0.365. The van der Waals surface area contributed by atoms with Crippen molar-refractivity contribution in [2.45, 2.75) is 32.9 Å². The molecule has 0 bridgehead atoms. The second-order valence-electron chi connectivity index (χ2n) is 8.74. The van der Waals surface area contributed by atoms with Crippen molar-refractivity contribution >= 4 is 27.7 Å². The lowest BCUT2D eigenvalue weighted by Crippen LogP contribution is -2.52. The molecule has 0 saturated heterocycles. The van der Waals surface area contributed by atoms with Gasteiger partial charge in [0, 0.05) is 24.0 Å². The molecule has 0 aliphatic carbocycles. The molecule has 0 spiro atoms. The molecule has 0 aromatic heterocycles. The first-order chi connectivity index (χ1) is 16.8. The Hall–Kier alpha value is -3.19. The van der Waals surface area contributed by atoms with Crippen LogP contribution >= 0.6 is 15.9 Å². The Balaban J connectivity index is 1.88. The van der Waals surface area contributed by atoms with E-state index in [1.165, 1.54) is 24.3 Å². The topological polar surface area (TPSA) is 58.6 Å². The average molecular weight is 541 g/mol. The van der Waals surface area contributed by atoms with Gasteiger partial charge >= 0.3 is 0 Å². The molecule has 5 nitrogen and oxygen atoms in total. The van der Waals surface area contributed by atoms with Gasteiger partial charge in [-0.3, -0.25) is 9.59 Å². The van der Waals surface area contributed by atoms with Crippen LogP contribution in [0.4, 0.5) is 4.39 Å². The van der Waals surface area contributed by atoms with Gasteiger partial charge in [-0.05, 0) is 53.4 Å². The fourth-order valence-corrected chi connectivity index (χ4v) is 3.79. The molecule has 0 unspecified atom stereocenters. The second kappa shape index (κ2) is 13.0. The molecular formula is C28H30BrFN2O3. The van der Waals surface area contributed by atoms with E-state index in [4.69, 9.17) is 4.74 Å². The quantitative estimate of drug-likeness (QED) is 0.355. The summed E-state index contributed by atoms with van der Waals surface area (Å²) in [6, 6.07) is 22.0. The van der Waals surface area contributed by atoms with Crippen LogP contribution in [-0.4, -0.2) is 35.9 Å². The molecule has 0 fully saturated rings. The Morgan fingerprint density at radius 2 is 1.60 bits per heavy atom. The van der Waals surface area contributed by atoms with Crippen molar-refractivity contribution in [3.63, 3.8) is 0 Å². The van der Waals surface area contributed by atoms with E-state index >= 15 is 0 Å². The summed E-state index contributed by atoms with van der Waals surface area (Å²) in [7, 11) is 0. The summed E-state index contributed by atoms with van der Waals surface area (Å²) >= 11 is 3.44. The predicted molar refractivity (Wildman–Crippen MR) is 138 cm³/mol.